The van der Waals surface area contributed by atoms with E-state index in [-0.39, 0.29) is 0 Å². The largest absolute Gasteiger partial charge is 0.507 e. The maximum absolute atomic E-state index is 10.9. The van der Waals surface area contributed by atoms with E-state index in [1.165, 1.54) is 52.6 Å². The molecule has 1 aromatic heterocycles. The van der Waals surface area contributed by atoms with E-state index in [2.05, 4.69) is 83.6 Å². The average molecular weight is 565 g/mol. The molecular weight excluding hydrogens is 541 g/mol. The summed E-state index contributed by atoms with van der Waals surface area (Å²) in [5.41, 5.74) is 6.82. The summed E-state index contributed by atoms with van der Waals surface area (Å²) < 4.78 is 1.36. The van der Waals surface area contributed by atoms with Crippen LogP contribution < -0.4 is 0 Å². The molecule has 0 saturated carbocycles. The molecule has 0 unspecified atom stereocenters. The Bertz CT molecular complexity index is 2190. The number of phenolic OH excluding ortho intramolecular Hbond substituents is 2. The van der Waals surface area contributed by atoms with Crippen LogP contribution in [0.15, 0.2) is 129 Å². The van der Waals surface area contributed by atoms with E-state index in [1.54, 1.807) is 0 Å². The van der Waals surface area contributed by atoms with Crippen molar-refractivity contribution in [2.24, 2.45) is 0 Å². The third kappa shape index (κ3) is 2.98. The Kier molecular flexibility index (Phi) is 4.68. The van der Waals surface area contributed by atoms with Gasteiger partial charge >= 0.3 is 0 Å². The number of rotatable bonds is 2. The summed E-state index contributed by atoms with van der Waals surface area (Å²) >= 11 is 1.83. The lowest BCUT2D eigenvalue weighted by atomic mass is 9.98. The van der Waals surface area contributed by atoms with Crippen molar-refractivity contribution in [3.63, 3.8) is 0 Å². The third-order valence-corrected chi connectivity index (χ3v) is 13.5. The quantitative estimate of drug-likeness (QED) is 0.219. The monoisotopic (exact) mass is 564 g/mol. The van der Waals surface area contributed by atoms with Crippen LogP contribution in [0.3, 0.4) is 0 Å². The zero-order valence-electron chi connectivity index (χ0n) is 22.0. The van der Waals surface area contributed by atoms with Gasteiger partial charge in [0, 0.05) is 35.7 Å². The number of thiophene rings is 1. The van der Waals surface area contributed by atoms with Crippen LogP contribution in [-0.2, 0) is 6.42 Å². The lowest BCUT2D eigenvalue weighted by Gasteiger charge is -2.38. The molecule has 1 aliphatic carbocycles. The zero-order chi connectivity index (χ0) is 27.3. The molecule has 9 rings (SSSR count). The molecule has 7 aromatic rings. The van der Waals surface area contributed by atoms with Gasteiger partial charge in [0.05, 0.1) is 0 Å². The number of phenols is 2. The van der Waals surface area contributed by atoms with Gasteiger partial charge < -0.3 is 10.2 Å². The fraction of sp³-hybridized carbons (Fsp3) is 0.0270. The first-order valence-electron chi connectivity index (χ1n) is 13.7. The summed E-state index contributed by atoms with van der Waals surface area (Å²) in [7, 11) is -1.93. The van der Waals surface area contributed by atoms with Crippen molar-refractivity contribution in [1.29, 1.82) is 0 Å². The third-order valence-electron chi connectivity index (χ3n) is 8.83. The Morgan fingerprint density at radius 2 is 1.15 bits per heavy atom. The van der Waals surface area contributed by atoms with Crippen molar-refractivity contribution in [3.8, 4) is 22.6 Å². The summed E-state index contributed by atoms with van der Waals surface area (Å²) in [6.07, 6.45) is 3.31. The van der Waals surface area contributed by atoms with Gasteiger partial charge in [-0.1, -0.05) is 66.7 Å². The molecule has 0 fully saturated rings. The molecule has 196 valence electrons. The van der Waals surface area contributed by atoms with Crippen LogP contribution in [0.1, 0.15) is 16.7 Å². The standard InChI is InChI=1S/C37H24O2S2/c38-30-12-15-32(27-7-3-1-5-25(27)30)41(33-16-13-31(39)26-6-2-4-8-28(26)33)20-18-29-34(41)14-11-23-21-24-10-9-22-17-19-40-37(22)36(24)35(23)29/h1-20,38-39H,21H2. The molecule has 4 heteroatoms. The molecule has 2 aliphatic rings. The molecule has 0 radical (unpaired) electrons. The first-order valence-corrected chi connectivity index (χ1v) is 16.3. The normalized spacial score (nSPS) is 15.3. The molecule has 0 atom stereocenters. The number of hydrogen-bond donors (Lipinski definition) is 2. The number of aromatic hydroxyl groups is 2. The van der Waals surface area contributed by atoms with Crippen LogP contribution in [0.25, 0.3) is 48.8 Å². The van der Waals surface area contributed by atoms with Crippen molar-refractivity contribution in [1.82, 2.24) is 0 Å². The zero-order valence-corrected chi connectivity index (χ0v) is 23.6. The van der Waals surface area contributed by atoms with Crippen molar-refractivity contribution in [2.75, 3.05) is 0 Å². The van der Waals surface area contributed by atoms with Crippen LogP contribution in [-0.4, -0.2) is 10.2 Å². The fourth-order valence-corrected chi connectivity index (χ4v) is 11.9. The molecule has 2 heterocycles. The summed E-state index contributed by atoms with van der Waals surface area (Å²) in [6.45, 7) is 0. The van der Waals surface area contributed by atoms with Crippen LogP contribution in [0, 0.1) is 0 Å². The van der Waals surface area contributed by atoms with Crippen LogP contribution in [0.4, 0.5) is 0 Å². The number of fused-ring (bicyclic) bond motifs is 9. The molecule has 2 N–H and O–H groups in total. The van der Waals surface area contributed by atoms with Crippen LogP contribution in [0.2, 0.25) is 0 Å². The average Bonchev–Trinajstić information content (AvgIpc) is 3.73. The molecule has 6 aromatic carbocycles. The van der Waals surface area contributed by atoms with Gasteiger partial charge in [-0.15, -0.1) is 21.4 Å². The highest BCUT2D eigenvalue weighted by Gasteiger charge is 2.39. The second-order valence-electron chi connectivity index (χ2n) is 10.8. The highest BCUT2D eigenvalue weighted by atomic mass is 32.3. The summed E-state index contributed by atoms with van der Waals surface area (Å²) in [5, 5.41) is 31.5. The smallest absolute Gasteiger partial charge is 0.123 e. The van der Waals surface area contributed by atoms with Crippen LogP contribution >= 0.6 is 21.4 Å². The molecule has 0 bridgehead atoms. The Labute approximate surface area is 242 Å². The predicted molar refractivity (Wildman–Crippen MR) is 173 cm³/mol. The van der Waals surface area contributed by atoms with E-state index in [0.29, 0.717) is 11.5 Å². The highest BCUT2D eigenvalue weighted by molar-refractivity contribution is 8.36. The van der Waals surface area contributed by atoms with Crippen LogP contribution in [0.5, 0.6) is 11.5 Å². The van der Waals surface area contributed by atoms with Gasteiger partial charge in [-0.05, 0) is 98.1 Å². The minimum Gasteiger partial charge on any atom is -0.507 e. The topological polar surface area (TPSA) is 40.5 Å². The van der Waals surface area contributed by atoms with E-state index >= 15 is 0 Å². The Morgan fingerprint density at radius 1 is 0.561 bits per heavy atom. The molecule has 0 amide bonds. The molecular formula is C37H24O2S2. The fourth-order valence-electron chi connectivity index (χ4n) is 7.05. The molecule has 1 aliphatic heterocycles. The lowest BCUT2D eigenvalue weighted by molar-refractivity contribution is 0.481. The minimum atomic E-state index is -1.93. The van der Waals surface area contributed by atoms with Gasteiger partial charge in [-0.3, -0.25) is 0 Å². The van der Waals surface area contributed by atoms with Gasteiger partial charge in [0.15, 0.2) is 0 Å². The maximum atomic E-state index is 10.9. The van der Waals surface area contributed by atoms with Gasteiger partial charge in [0.1, 0.15) is 11.5 Å². The second kappa shape index (κ2) is 8.26. The predicted octanol–water partition coefficient (Wildman–Crippen LogP) is 10.5. The van der Waals surface area contributed by atoms with Crippen molar-refractivity contribution in [3.05, 3.63) is 131 Å². The van der Waals surface area contributed by atoms with Gasteiger partial charge in [0.2, 0.25) is 0 Å². The van der Waals surface area contributed by atoms with E-state index in [0.717, 1.165) is 28.0 Å². The van der Waals surface area contributed by atoms with Gasteiger partial charge in [-0.25, -0.2) is 0 Å². The molecule has 41 heavy (non-hydrogen) atoms. The van der Waals surface area contributed by atoms with E-state index in [9.17, 15) is 10.2 Å². The highest BCUT2D eigenvalue weighted by Crippen LogP contribution is 2.76. The number of benzene rings is 6. The van der Waals surface area contributed by atoms with Crippen molar-refractivity contribution >= 4 is 59.1 Å². The maximum Gasteiger partial charge on any atom is 0.123 e. The van der Waals surface area contributed by atoms with Crippen molar-refractivity contribution in [2.45, 2.75) is 21.1 Å². The molecule has 2 nitrogen and oxygen atoms in total. The Morgan fingerprint density at radius 3 is 1.83 bits per heavy atom. The Balaban J connectivity index is 1.44. The van der Waals surface area contributed by atoms with Gasteiger partial charge in [-0.2, -0.15) is 0 Å². The van der Waals surface area contributed by atoms with Crippen molar-refractivity contribution < 1.29 is 10.2 Å². The van der Waals surface area contributed by atoms with Gasteiger partial charge in [0.25, 0.3) is 0 Å². The van der Waals surface area contributed by atoms with E-state index in [1.807, 2.05) is 47.7 Å². The first-order chi connectivity index (χ1) is 20.1. The minimum absolute atomic E-state index is 0.291. The summed E-state index contributed by atoms with van der Waals surface area (Å²) in [5.74, 6) is 0.583. The Hall–Kier alpha value is -4.51. The van der Waals surface area contributed by atoms with E-state index < -0.39 is 10.0 Å². The second-order valence-corrected chi connectivity index (χ2v) is 14.7. The summed E-state index contributed by atoms with van der Waals surface area (Å²) in [6, 6.07) is 35.7. The lowest BCUT2D eigenvalue weighted by Crippen LogP contribution is -2.02. The molecule has 0 saturated heterocycles. The summed E-state index contributed by atoms with van der Waals surface area (Å²) in [4.78, 5) is 3.71. The first kappa shape index (κ1) is 23.2. The SMILES string of the molecule is Oc1ccc(S2(c3ccc(O)c4ccccc34)C=Cc3c2ccc2c3-c3c(ccc4ccsc34)C2)c2ccccc12. The number of hydrogen-bond acceptors (Lipinski definition) is 3. The molecule has 0 spiro atoms. The van der Waals surface area contributed by atoms with E-state index in [4.69, 9.17) is 0 Å².